The highest BCUT2D eigenvalue weighted by Crippen LogP contribution is 2.34. The molecule has 2 unspecified atom stereocenters. The van der Waals surface area contributed by atoms with Gasteiger partial charge in [0.2, 0.25) is 0 Å². The number of hydrogen-bond donors (Lipinski definition) is 1. The molecule has 0 spiro atoms. The minimum Gasteiger partial charge on any atom is -0.480 e. The fourth-order valence-electron chi connectivity index (χ4n) is 3.66. The highest BCUT2D eigenvalue weighted by atomic mass is 16.4. The fourth-order valence-corrected chi connectivity index (χ4v) is 3.66. The molecule has 1 aliphatic heterocycles. The molecule has 26 heavy (non-hydrogen) atoms. The number of aliphatic carboxylic acids is 1. The summed E-state index contributed by atoms with van der Waals surface area (Å²) in [6.45, 7) is 2.88. The molecule has 3 rings (SSSR count). The zero-order chi connectivity index (χ0) is 18.7. The van der Waals surface area contributed by atoms with Crippen LogP contribution >= 0.6 is 0 Å². The molecule has 0 amide bonds. The predicted octanol–water partition coefficient (Wildman–Crippen LogP) is 3.35. The molecule has 2 heterocycles. The van der Waals surface area contributed by atoms with Crippen molar-refractivity contribution >= 4 is 11.7 Å². The maximum absolute atomic E-state index is 11.8. The zero-order valence-electron chi connectivity index (χ0n) is 15.7. The van der Waals surface area contributed by atoms with Crippen molar-refractivity contribution in [2.45, 2.75) is 38.3 Å². The Morgan fingerprint density at radius 2 is 2.00 bits per heavy atom. The first-order valence-electron chi connectivity index (χ1n) is 9.22. The third-order valence-corrected chi connectivity index (χ3v) is 5.17. The van der Waals surface area contributed by atoms with Gasteiger partial charge in [0.15, 0.2) is 0 Å². The minimum absolute atomic E-state index is 0.138. The first-order valence-corrected chi connectivity index (χ1v) is 9.22. The molecule has 0 bridgehead atoms. The molecule has 5 nitrogen and oxygen atoms in total. The molecule has 0 radical (unpaired) electrons. The number of benzene rings is 1. The van der Waals surface area contributed by atoms with E-state index in [0.717, 1.165) is 36.3 Å². The Hall–Kier alpha value is -2.40. The molecule has 1 aromatic carbocycles. The predicted molar refractivity (Wildman–Crippen MR) is 104 cm³/mol. The number of anilines is 1. The molecule has 2 aromatic rings. The van der Waals surface area contributed by atoms with Crippen LogP contribution in [0.5, 0.6) is 0 Å². The lowest BCUT2D eigenvalue weighted by Gasteiger charge is -2.31. The lowest BCUT2D eigenvalue weighted by atomic mass is 9.99. The molecule has 2 atom stereocenters. The second kappa shape index (κ2) is 7.87. The van der Waals surface area contributed by atoms with Crippen molar-refractivity contribution in [3.8, 4) is 0 Å². The molecular weight excluding hydrogens is 326 g/mol. The van der Waals surface area contributed by atoms with Crippen LogP contribution < -0.4 is 4.90 Å². The second-order valence-electron chi connectivity index (χ2n) is 7.07. The Labute approximate surface area is 155 Å². The highest BCUT2D eigenvalue weighted by Gasteiger charge is 2.37. The number of carbonyl (C=O) groups is 1. The van der Waals surface area contributed by atoms with Gasteiger partial charge in [0.1, 0.15) is 6.04 Å². The van der Waals surface area contributed by atoms with Gasteiger partial charge in [-0.2, -0.15) is 0 Å². The molecule has 5 heteroatoms. The third-order valence-electron chi connectivity index (χ3n) is 5.17. The smallest absolute Gasteiger partial charge is 0.320 e. The van der Waals surface area contributed by atoms with Crippen molar-refractivity contribution in [1.82, 2.24) is 9.88 Å². The van der Waals surface area contributed by atoms with Gasteiger partial charge in [0.25, 0.3) is 0 Å². The number of hydrogen-bond acceptors (Lipinski definition) is 4. The molecule has 1 saturated heterocycles. The summed E-state index contributed by atoms with van der Waals surface area (Å²) in [6.07, 6.45) is 4.43. The van der Waals surface area contributed by atoms with Gasteiger partial charge in [0.05, 0.1) is 11.7 Å². The van der Waals surface area contributed by atoms with Crippen LogP contribution in [-0.4, -0.2) is 47.6 Å². The van der Waals surface area contributed by atoms with E-state index in [2.05, 4.69) is 52.0 Å². The number of likely N-dealkylation sites (tertiary alicyclic amines) is 1. The van der Waals surface area contributed by atoms with E-state index in [4.69, 9.17) is 0 Å². The van der Waals surface area contributed by atoms with Crippen molar-refractivity contribution in [1.29, 1.82) is 0 Å². The molecular formula is C21H27N3O2. The Morgan fingerprint density at radius 3 is 2.54 bits per heavy atom. The monoisotopic (exact) mass is 353 g/mol. The van der Waals surface area contributed by atoms with Crippen LogP contribution in [0.15, 0.2) is 42.6 Å². The van der Waals surface area contributed by atoms with Crippen molar-refractivity contribution in [3.05, 3.63) is 59.4 Å². The zero-order valence-corrected chi connectivity index (χ0v) is 15.7. The highest BCUT2D eigenvalue weighted by molar-refractivity contribution is 5.74. The maximum atomic E-state index is 11.8. The van der Waals surface area contributed by atoms with Crippen molar-refractivity contribution in [2.24, 2.45) is 0 Å². The second-order valence-corrected chi connectivity index (χ2v) is 7.07. The van der Waals surface area contributed by atoms with Crippen LogP contribution in [0.1, 0.15) is 42.6 Å². The van der Waals surface area contributed by atoms with Crippen molar-refractivity contribution < 1.29 is 9.90 Å². The van der Waals surface area contributed by atoms with Crippen LogP contribution in [0.3, 0.4) is 0 Å². The summed E-state index contributed by atoms with van der Waals surface area (Å²) in [5, 5.41) is 9.66. The summed E-state index contributed by atoms with van der Waals surface area (Å²) in [6, 6.07) is 11.9. The van der Waals surface area contributed by atoms with E-state index >= 15 is 0 Å². The number of aryl methyl sites for hydroxylation is 1. The number of pyridine rings is 1. The first kappa shape index (κ1) is 18.4. The van der Waals surface area contributed by atoms with E-state index in [1.807, 2.05) is 26.4 Å². The summed E-state index contributed by atoms with van der Waals surface area (Å²) in [4.78, 5) is 20.6. The SMILES string of the molecule is CCc1ccc(C(c2ccc(N(C)C)cc2)N2CCCC2C(=O)O)nc1. The van der Waals surface area contributed by atoms with E-state index in [-0.39, 0.29) is 6.04 Å². The topological polar surface area (TPSA) is 56.7 Å². The molecule has 1 aliphatic rings. The van der Waals surface area contributed by atoms with Crippen LogP contribution in [0, 0.1) is 0 Å². The first-order chi connectivity index (χ1) is 12.5. The summed E-state index contributed by atoms with van der Waals surface area (Å²) < 4.78 is 0. The quantitative estimate of drug-likeness (QED) is 0.863. The summed E-state index contributed by atoms with van der Waals surface area (Å²) in [5.41, 5.74) is 4.30. The summed E-state index contributed by atoms with van der Waals surface area (Å²) in [5.74, 6) is -0.748. The normalized spacial score (nSPS) is 18.7. The Morgan fingerprint density at radius 1 is 1.27 bits per heavy atom. The van der Waals surface area contributed by atoms with Gasteiger partial charge in [0, 0.05) is 32.5 Å². The van der Waals surface area contributed by atoms with Gasteiger partial charge in [-0.05, 0) is 48.6 Å². The van der Waals surface area contributed by atoms with Crippen molar-refractivity contribution in [3.63, 3.8) is 0 Å². The molecule has 138 valence electrons. The Balaban J connectivity index is 2.01. The van der Waals surface area contributed by atoms with Gasteiger partial charge >= 0.3 is 5.97 Å². The third kappa shape index (κ3) is 3.73. The van der Waals surface area contributed by atoms with Gasteiger partial charge in [-0.15, -0.1) is 0 Å². The summed E-state index contributed by atoms with van der Waals surface area (Å²) >= 11 is 0. The average Bonchev–Trinajstić information content (AvgIpc) is 3.12. The van der Waals surface area contributed by atoms with E-state index in [1.54, 1.807) is 0 Å². The number of nitrogens with zero attached hydrogens (tertiary/aromatic N) is 3. The van der Waals surface area contributed by atoms with Crippen LogP contribution in [-0.2, 0) is 11.2 Å². The molecule has 0 aliphatic carbocycles. The number of carboxylic acids is 1. The Bertz CT molecular complexity index is 741. The van der Waals surface area contributed by atoms with Gasteiger partial charge in [-0.1, -0.05) is 25.1 Å². The van der Waals surface area contributed by atoms with E-state index in [9.17, 15) is 9.90 Å². The molecule has 0 saturated carbocycles. The van der Waals surface area contributed by atoms with Crippen LogP contribution in [0.25, 0.3) is 0 Å². The largest absolute Gasteiger partial charge is 0.480 e. The molecule has 1 N–H and O–H groups in total. The van der Waals surface area contributed by atoms with Gasteiger partial charge < -0.3 is 10.0 Å². The van der Waals surface area contributed by atoms with E-state index < -0.39 is 12.0 Å². The molecule has 1 fully saturated rings. The average molecular weight is 353 g/mol. The summed E-state index contributed by atoms with van der Waals surface area (Å²) in [7, 11) is 4.02. The van der Waals surface area contributed by atoms with Gasteiger partial charge in [-0.25, -0.2) is 0 Å². The standard InChI is InChI=1S/C21H27N3O2/c1-4-15-7-12-18(22-14-15)20(24-13-5-6-19(24)21(25)26)16-8-10-17(11-9-16)23(2)3/h7-12,14,19-20H,4-6,13H2,1-3H3,(H,25,26). The van der Waals surface area contributed by atoms with Gasteiger partial charge in [-0.3, -0.25) is 14.7 Å². The lowest BCUT2D eigenvalue weighted by Crippen LogP contribution is -2.39. The number of carboxylic acid groups (broad SMARTS) is 1. The number of rotatable bonds is 6. The maximum Gasteiger partial charge on any atom is 0.320 e. The minimum atomic E-state index is -0.748. The molecule has 1 aromatic heterocycles. The van der Waals surface area contributed by atoms with E-state index in [0.29, 0.717) is 6.42 Å². The van der Waals surface area contributed by atoms with Crippen LogP contribution in [0.4, 0.5) is 5.69 Å². The van der Waals surface area contributed by atoms with Crippen molar-refractivity contribution in [2.75, 3.05) is 25.5 Å². The van der Waals surface area contributed by atoms with E-state index in [1.165, 1.54) is 5.56 Å². The fraction of sp³-hybridized carbons (Fsp3) is 0.429. The number of aromatic nitrogens is 1. The Kier molecular flexibility index (Phi) is 5.57. The van der Waals surface area contributed by atoms with Crippen LogP contribution in [0.2, 0.25) is 0 Å². The lowest BCUT2D eigenvalue weighted by molar-refractivity contribution is -0.142.